The Kier molecular flexibility index (Phi) is 4.81. The number of rotatable bonds is 4. The van der Waals surface area contributed by atoms with E-state index >= 15 is 0 Å². The topological polar surface area (TPSA) is 77.5 Å². The summed E-state index contributed by atoms with van der Waals surface area (Å²) in [5.41, 5.74) is 1.45. The summed E-state index contributed by atoms with van der Waals surface area (Å²) in [6.07, 6.45) is 2.82. The lowest BCUT2D eigenvalue weighted by molar-refractivity contribution is 0.591. The van der Waals surface area contributed by atoms with Crippen LogP contribution in [0.2, 0.25) is 10.0 Å². The zero-order chi connectivity index (χ0) is 21.6. The van der Waals surface area contributed by atoms with Gasteiger partial charge in [-0.05, 0) is 48.5 Å². The van der Waals surface area contributed by atoms with E-state index in [4.69, 9.17) is 27.6 Å². The number of hydrogen-bond donors (Lipinski definition) is 0. The summed E-state index contributed by atoms with van der Waals surface area (Å²) in [5, 5.41) is 5.26. The summed E-state index contributed by atoms with van der Waals surface area (Å²) >= 11 is 12.3. The van der Waals surface area contributed by atoms with Gasteiger partial charge in [0.2, 0.25) is 9.84 Å². The van der Waals surface area contributed by atoms with Gasteiger partial charge in [-0.2, -0.15) is 5.10 Å². The highest BCUT2D eigenvalue weighted by molar-refractivity contribution is 7.91. The molecule has 154 valence electrons. The second kappa shape index (κ2) is 7.53. The average molecular weight is 470 g/mol. The molecule has 0 N–H and O–H groups in total. The molecule has 0 aliphatic heterocycles. The van der Waals surface area contributed by atoms with Gasteiger partial charge in [0.15, 0.2) is 11.4 Å². The van der Waals surface area contributed by atoms with Crippen LogP contribution in [0.25, 0.3) is 28.4 Å². The van der Waals surface area contributed by atoms with Gasteiger partial charge in [0.05, 0.1) is 16.1 Å². The van der Waals surface area contributed by atoms with E-state index in [0.717, 1.165) is 0 Å². The molecule has 2 aromatic carbocycles. The molecule has 0 aliphatic carbocycles. The third kappa shape index (κ3) is 3.40. The molecule has 0 saturated heterocycles. The van der Waals surface area contributed by atoms with Crippen LogP contribution in [0.4, 0.5) is 0 Å². The molecule has 0 amide bonds. The fraction of sp³-hybridized carbons (Fsp3) is 0. The predicted octanol–water partition coefficient (Wildman–Crippen LogP) is 5.80. The first-order chi connectivity index (χ1) is 14.9. The maximum atomic E-state index is 13.1. The highest BCUT2D eigenvalue weighted by Gasteiger charge is 2.24. The van der Waals surface area contributed by atoms with Crippen molar-refractivity contribution < 1.29 is 12.8 Å². The zero-order valence-electron chi connectivity index (χ0n) is 15.7. The van der Waals surface area contributed by atoms with Crippen molar-refractivity contribution in [3.63, 3.8) is 0 Å². The van der Waals surface area contributed by atoms with Crippen molar-refractivity contribution in [2.45, 2.75) is 9.79 Å². The molecule has 5 rings (SSSR count). The Morgan fingerprint density at radius 2 is 1.68 bits per heavy atom. The van der Waals surface area contributed by atoms with Gasteiger partial charge >= 0.3 is 0 Å². The lowest BCUT2D eigenvalue weighted by Crippen LogP contribution is -2.03. The van der Waals surface area contributed by atoms with E-state index in [0.29, 0.717) is 32.8 Å². The monoisotopic (exact) mass is 469 g/mol. The fourth-order valence-corrected chi connectivity index (χ4v) is 5.12. The summed E-state index contributed by atoms with van der Waals surface area (Å²) in [7, 11) is -3.78. The molecule has 0 saturated carbocycles. The Morgan fingerprint density at radius 3 is 2.45 bits per heavy atom. The van der Waals surface area contributed by atoms with E-state index < -0.39 is 9.84 Å². The zero-order valence-corrected chi connectivity index (χ0v) is 18.1. The minimum Gasteiger partial charge on any atom is -0.454 e. The van der Waals surface area contributed by atoms with Gasteiger partial charge in [-0.1, -0.05) is 41.4 Å². The van der Waals surface area contributed by atoms with Gasteiger partial charge in [-0.15, -0.1) is 0 Å². The van der Waals surface area contributed by atoms with E-state index in [-0.39, 0.29) is 15.4 Å². The number of hydrogen-bond acceptors (Lipinski definition) is 5. The maximum absolute atomic E-state index is 13.1. The smallest absolute Gasteiger partial charge is 0.211 e. The summed E-state index contributed by atoms with van der Waals surface area (Å²) < 4.78 is 33.6. The molecule has 0 atom stereocenters. The van der Waals surface area contributed by atoms with Gasteiger partial charge in [0.25, 0.3) is 0 Å². The minimum atomic E-state index is -3.78. The van der Waals surface area contributed by atoms with E-state index in [1.807, 2.05) is 0 Å². The molecule has 0 spiro atoms. The number of nitrogens with zero attached hydrogens (tertiary/aromatic N) is 3. The fourth-order valence-electron chi connectivity index (χ4n) is 3.28. The largest absolute Gasteiger partial charge is 0.454 e. The third-order valence-corrected chi connectivity index (χ3v) is 7.07. The Labute approximate surface area is 187 Å². The van der Waals surface area contributed by atoms with Gasteiger partial charge in [-0.3, -0.25) is 0 Å². The van der Waals surface area contributed by atoms with Crippen LogP contribution >= 0.6 is 23.2 Å². The van der Waals surface area contributed by atoms with E-state index in [2.05, 4.69) is 10.1 Å². The lowest BCUT2D eigenvalue weighted by Gasteiger charge is -2.04. The highest BCUT2D eigenvalue weighted by atomic mass is 35.5. The number of aromatic nitrogens is 3. The number of halogens is 2. The second-order valence-corrected chi connectivity index (χ2v) is 9.44. The van der Waals surface area contributed by atoms with Crippen molar-refractivity contribution in [1.82, 2.24) is 14.6 Å². The van der Waals surface area contributed by atoms with E-state index in [9.17, 15) is 8.42 Å². The molecule has 0 aliphatic rings. The average Bonchev–Trinajstić information content (AvgIpc) is 3.42. The Bertz CT molecular complexity index is 1530. The first-order valence-corrected chi connectivity index (χ1v) is 11.4. The van der Waals surface area contributed by atoms with Gasteiger partial charge in [-0.25, -0.2) is 17.9 Å². The predicted molar refractivity (Wildman–Crippen MR) is 118 cm³/mol. The van der Waals surface area contributed by atoms with Crippen LogP contribution in [0, 0.1) is 0 Å². The SMILES string of the molecule is O=S(=O)(c1ccccc1)c1cnn2c(-c3ccc(-c4ccc(Cl)cc4Cl)o3)ccnc12. The van der Waals surface area contributed by atoms with Crippen LogP contribution in [0.1, 0.15) is 0 Å². The molecule has 31 heavy (non-hydrogen) atoms. The normalized spacial score (nSPS) is 11.8. The summed E-state index contributed by atoms with van der Waals surface area (Å²) in [5.74, 6) is 1.03. The molecular formula is C22H13Cl2N3O3S. The van der Waals surface area contributed by atoms with Gasteiger partial charge < -0.3 is 4.42 Å². The summed E-state index contributed by atoms with van der Waals surface area (Å²) in [6, 6.07) is 18.6. The van der Waals surface area contributed by atoms with Crippen LogP contribution in [-0.4, -0.2) is 23.0 Å². The molecule has 6 nitrogen and oxygen atoms in total. The molecule has 3 aromatic heterocycles. The van der Waals surface area contributed by atoms with E-state index in [1.165, 1.54) is 29.0 Å². The van der Waals surface area contributed by atoms with Crippen LogP contribution in [-0.2, 0) is 9.84 Å². The molecule has 5 aromatic rings. The van der Waals surface area contributed by atoms with Crippen LogP contribution in [0.15, 0.2) is 93.3 Å². The first kappa shape index (κ1) is 19.8. The standard InChI is InChI=1S/C22H13Cl2N3O3S/c23-14-6-7-16(17(24)12-14)19-8-9-20(30-19)18-10-11-25-22-21(13-26-27(18)22)31(28,29)15-4-2-1-3-5-15/h1-13H. The summed E-state index contributed by atoms with van der Waals surface area (Å²) in [6.45, 7) is 0. The molecule has 0 radical (unpaired) electrons. The van der Waals surface area contributed by atoms with Crippen LogP contribution < -0.4 is 0 Å². The highest BCUT2D eigenvalue weighted by Crippen LogP contribution is 2.34. The van der Waals surface area contributed by atoms with Crippen LogP contribution in [0.3, 0.4) is 0 Å². The molecular weight excluding hydrogens is 457 g/mol. The quantitative estimate of drug-likeness (QED) is 0.332. The first-order valence-electron chi connectivity index (χ1n) is 9.14. The van der Waals surface area contributed by atoms with Crippen molar-refractivity contribution in [3.8, 4) is 22.8 Å². The molecule has 9 heteroatoms. The Hall–Kier alpha value is -3.13. The van der Waals surface area contributed by atoms with E-state index in [1.54, 1.807) is 54.6 Å². The Balaban J connectivity index is 1.61. The number of benzene rings is 2. The van der Waals surface area contributed by atoms with Crippen molar-refractivity contribution in [2.75, 3.05) is 0 Å². The van der Waals surface area contributed by atoms with Crippen LogP contribution in [0.5, 0.6) is 0 Å². The molecule has 0 fully saturated rings. The number of furan rings is 1. The molecule has 0 bridgehead atoms. The Morgan fingerprint density at radius 1 is 0.903 bits per heavy atom. The third-order valence-electron chi connectivity index (χ3n) is 4.77. The van der Waals surface area contributed by atoms with Gasteiger partial charge in [0.1, 0.15) is 16.3 Å². The lowest BCUT2D eigenvalue weighted by atomic mass is 10.2. The minimum absolute atomic E-state index is 0.0214. The van der Waals surface area contributed by atoms with Crippen molar-refractivity contribution in [1.29, 1.82) is 0 Å². The second-order valence-electron chi connectivity index (χ2n) is 6.68. The maximum Gasteiger partial charge on any atom is 0.211 e. The van der Waals surface area contributed by atoms with Crippen molar-refractivity contribution in [3.05, 3.63) is 89.2 Å². The van der Waals surface area contributed by atoms with Crippen molar-refractivity contribution >= 4 is 38.7 Å². The molecule has 0 unspecified atom stereocenters. The summed E-state index contributed by atoms with van der Waals surface area (Å²) in [4.78, 5) is 4.45. The number of fused-ring (bicyclic) bond motifs is 1. The van der Waals surface area contributed by atoms with Gasteiger partial charge in [0, 0.05) is 16.8 Å². The van der Waals surface area contributed by atoms with Crippen molar-refractivity contribution in [2.24, 2.45) is 0 Å². The number of sulfone groups is 1. The molecule has 3 heterocycles.